The van der Waals surface area contributed by atoms with Crippen molar-refractivity contribution in [2.45, 2.75) is 77.2 Å². The lowest BCUT2D eigenvalue weighted by Crippen LogP contribution is -2.50. The molecule has 0 radical (unpaired) electrons. The number of anilines is 1. The van der Waals surface area contributed by atoms with Crippen LogP contribution in [0.4, 0.5) is 5.82 Å². The molecule has 0 aliphatic heterocycles. The molecule has 37 heavy (non-hydrogen) atoms. The van der Waals surface area contributed by atoms with Gasteiger partial charge in [0.15, 0.2) is 0 Å². The van der Waals surface area contributed by atoms with Gasteiger partial charge in [-0.1, -0.05) is 37.6 Å². The van der Waals surface area contributed by atoms with E-state index in [9.17, 15) is 10.4 Å². The van der Waals surface area contributed by atoms with Crippen molar-refractivity contribution in [3.05, 3.63) is 53.2 Å². The standard InChI is InChI=1S/C32H39N3O2/c1-31-14-12-21(36)16-20(31)6-9-23-26-10-11-28(32(26,2)15-13-27(23)31)29-17-24(25(18-33)30(34)35-29)19-4-7-22(37-3)8-5-19/h4-8,17,21,23,26-28,36H,9-16H2,1-3H3,(H2,34,35)/t21-,23-,26-,27-,28+,31-,32-/m0/s1. The first-order valence-corrected chi connectivity index (χ1v) is 14.0. The zero-order valence-electron chi connectivity index (χ0n) is 22.3. The summed E-state index contributed by atoms with van der Waals surface area (Å²) in [6, 6.07) is 12.3. The molecule has 3 fully saturated rings. The van der Waals surface area contributed by atoms with Crippen LogP contribution in [-0.2, 0) is 0 Å². The number of nitrogens with two attached hydrogens (primary N) is 1. The Morgan fingerprint density at radius 2 is 1.86 bits per heavy atom. The van der Waals surface area contributed by atoms with Crippen LogP contribution in [0, 0.1) is 39.9 Å². The maximum absolute atomic E-state index is 10.3. The van der Waals surface area contributed by atoms with Crippen LogP contribution in [0.25, 0.3) is 11.1 Å². The summed E-state index contributed by atoms with van der Waals surface area (Å²) in [5, 5.41) is 20.2. The lowest BCUT2D eigenvalue weighted by molar-refractivity contribution is -0.0412. The molecule has 0 spiro atoms. The van der Waals surface area contributed by atoms with E-state index in [0.717, 1.165) is 54.7 Å². The maximum atomic E-state index is 10.3. The average molecular weight is 498 g/mol. The number of pyridine rings is 1. The third kappa shape index (κ3) is 3.71. The molecule has 1 aromatic heterocycles. The molecule has 2 aromatic rings. The first-order valence-electron chi connectivity index (χ1n) is 14.0. The highest BCUT2D eigenvalue weighted by atomic mass is 16.5. The highest BCUT2D eigenvalue weighted by Gasteiger charge is 2.59. The van der Waals surface area contributed by atoms with Crippen molar-refractivity contribution in [2.24, 2.45) is 28.6 Å². The monoisotopic (exact) mass is 497 g/mol. The van der Waals surface area contributed by atoms with Crippen LogP contribution < -0.4 is 10.5 Å². The molecule has 5 nitrogen and oxygen atoms in total. The van der Waals surface area contributed by atoms with E-state index in [0.29, 0.717) is 35.1 Å². The van der Waals surface area contributed by atoms with Crippen molar-refractivity contribution < 1.29 is 9.84 Å². The second-order valence-corrected chi connectivity index (χ2v) is 12.5. The summed E-state index contributed by atoms with van der Waals surface area (Å²) in [5.74, 6) is 3.55. The van der Waals surface area contributed by atoms with Gasteiger partial charge in [0, 0.05) is 17.2 Å². The van der Waals surface area contributed by atoms with Crippen LogP contribution >= 0.6 is 0 Å². The van der Waals surface area contributed by atoms with E-state index in [4.69, 9.17) is 15.5 Å². The van der Waals surface area contributed by atoms with Crippen molar-refractivity contribution in [1.82, 2.24) is 4.98 Å². The van der Waals surface area contributed by atoms with E-state index >= 15 is 0 Å². The highest BCUT2D eigenvalue weighted by Crippen LogP contribution is 2.68. The van der Waals surface area contributed by atoms with E-state index in [1.165, 1.54) is 24.8 Å². The first kappa shape index (κ1) is 24.5. The molecule has 0 amide bonds. The number of hydrogen-bond donors (Lipinski definition) is 2. The van der Waals surface area contributed by atoms with Gasteiger partial charge >= 0.3 is 0 Å². The smallest absolute Gasteiger partial charge is 0.142 e. The van der Waals surface area contributed by atoms with Gasteiger partial charge in [-0.3, -0.25) is 0 Å². The second-order valence-electron chi connectivity index (χ2n) is 12.5. The minimum absolute atomic E-state index is 0.159. The second kappa shape index (κ2) is 8.88. The molecular weight excluding hydrogens is 458 g/mol. The van der Waals surface area contributed by atoms with E-state index in [1.54, 1.807) is 7.11 Å². The summed E-state index contributed by atoms with van der Waals surface area (Å²) in [6.07, 6.45) is 11.2. The minimum Gasteiger partial charge on any atom is -0.497 e. The number of methoxy groups -OCH3 is 1. The van der Waals surface area contributed by atoms with Gasteiger partial charge in [-0.15, -0.1) is 0 Å². The van der Waals surface area contributed by atoms with Gasteiger partial charge in [0.1, 0.15) is 23.2 Å². The summed E-state index contributed by atoms with van der Waals surface area (Å²) in [7, 11) is 1.66. The Morgan fingerprint density at radius 1 is 1.08 bits per heavy atom. The number of hydrogen-bond acceptors (Lipinski definition) is 5. The van der Waals surface area contributed by atoms with Crippen LogP contribution in [0.3, 0.4) is 0 Å². The Kier molecular flexibility index (Phi) is 5.88. The number of nitriles is 1. The van der Waals surface area contributed by atoms with Crippen molar-refractivity contribution in [2.75, 3.05) is 12.8 Å². The normalized spacial score (nSPS) is 36.5. The molecule has 7 atom stereocenters. The van der Waals surface area contributed by atoms with Crippen molar-refractivity contribution >= 4 is 5.82 Å². The van der Waals surface area contributed by atoms with Gasteiger partial charge in [-0.2, -0.15) is 5.26 Å². The van der Waals surface area contributed by atoms with Crippen LogP contribution in [-0.4, -0.2) is 23.3 Å². The van der Waals surface area contributed by atoms with Gasteiger partial charge in [-0.05, 0) is 104 Å². The molecule has 0 saturated heterocycles. The molecule has 1 heterocycles. The Bertz CT molecular complexity index is 1280. The number of nitrogens with zero attached hydrogens (tertiary/aromatic N) is 2. The highest BCUT2D eigenvalue weighted by molar-refractivity contribution is 5.76. The molecule has 5 heteroatoms. The summed E-state index contributed by atoms with van der Waals surface area (Å²) >= 11 is 0. The summed E-state index contributed by atoms with van der Waals surface area (Å²) < 4.78 is 5.33. The Hall–Kier alpha value is -2.84. The molecule has 4 aliphatic rings. The fourth-order valence-corrected chi connectivity index (χ4v) is 9.01. The lowest BCUT2D eigenvalue weighted by Gasteiger charge is -2.58. The maximum Gasteiger partial charge on any atom is 0.142 e. The molecule has 4 aliphatic carbocycles. The number of nitrogen functional groups attached to an aromatic ring is 1. The van der Waals surface area contributed by atoms with Crippen LogP contribution in [0.1, 0.15) is 82.4 Å². The number of aliphatic hydroxyl groups is 1. The van der Waals surface area contributed by atoms with Gasteiger partial charge in [0.05, 0.1) is 13.2 Å². The van der Waals surface area contributed by atoms with Gasteiger partial charge in [0.25, 0.3) is 0 Å². The largest absolute Gasteiger partial charge is 0.497 e. The van der Waals surface area contributed by atoms with E-state index in [2.05, 4.69) is 32.1 Å². The Morgan fingerprint density at radius 3 is 2.59 bits per heavy atom. The first-order chi connectivity index (χ1) is 17.8. The number of aromatic nitrogens is 1. The number of aliphatic hydroxyl groups excluding tert-OH is 1. The molecule has 3 saturated carbocycles. The van der Waals surface area contributed by atoms with Crippen LogP contribution in [0.15, 0.2) is 42.0 Å². The third-order valence-electron chi connectivity index (χ3n) is 11.0. The number of allylic oxidation sites excluding steroid dienone is 1. The van der Waals surface area contributed by atoms with Gasteiger partial charge in [-0.25, -0.2) is 4.98 Å². The third-order valence-corrected chi connectivity index (χ3v) is 11.0. The number of benzene rings is 1. The van der Waals surface area contributed by atoms with E-state index < -0.39 is 0 Å². The fourth-order valence-electron chi connectivity index (χ4n) is 9.01. The predicted molar refractivity (Wildman–Crippen MR) is 146 cm³/mol. The number of fused-ring (bicyclic) bond motifs is 5. The molecule has 3 N–H and O–H groups in total. The molecule has 0 unspecified atom stereocenters. The molecule has 0 bridgehead atoms. The summed E-state index contributed by atoms with van der Waals surface area (Å²) in [6.45, 7) is 4.99. The molecule has 194 valence electrons. The quantitative estimate of drug-likeness (QED) is 0.465. The zero-order valence-corrected chi connectivity index (χ0v) is 22.3. The SMILES string of the molecule is COc1ccc(-c2cc([C@H]3CC[C@H]4[C@@H]5CC=C6C[C@@H](O)CC[C@]6(C)[C@H]5CC[C@]34C)nc(N)c2C#N)cc1. The average Bonchev–Trinajstić information content (AvgIpc) is 3.26. The van der Waals surface area contributed by atoms with Crippen molar-refractivity contribution in [1.29, 1.82) is 5.26 Å². The minimum atomic E-state index is -0.159. The van der Waals surface area contributed by atoms with E-state index in [-0.39, 0.29) is 16.9 Å². The molecule has 1 aromatic carbocycles. The van der Waals surface area contributed by atoms with Crippen LogP contribution in [0.2, 0.25) is 0 Å². The lowest BCUT2D eigenvalue weighted by atomic mass is 9.47. The summed E-state index contributed by atoms with van der Waals surface area (Å²) in [5.41, 5.74) is 11.7. The Balaban J connectivity index is 1.35. The number of rotatable bonds is 3. The van der Waals surface area contributed by atoms with E-state index in [1.807, 2.05) is 24.3 Å². The zero-order chi connectivity index (χ0) is 25.9. The predicted octanol–water partition coefficient (Wildman–Crippen LogP) is 6.62. The van der Waals surface area contributed by atoms with Crippen molar-refractivity contribution in [3.8, 4) is 22.9 Å². The topological polar surface area (TPSA) is 92.2 Å². The molecule has 6 rings (SSSR count). The molecular formula is C32H39N3O2. The number of ether oxygens (including phenoxy) is 1. The van der Waals surface area contributed by atoms with Gasteiger partial charge in [0.2, 0.25) is 0 Å². The van der Waals surface area contributed by atoms with Crippen molar-refractivity contribution in [3.63, 3.8) is 0 Å². The van der Waals surface area contributed by atoms with Gasteiger partial charge < -0.3 is 15.6 Å². The van der Waals surface area contributed by atoms with Crippen LogP contribution in [0.5, 0.6) is 5.75 Å². The fraction of sp³-hybridized carbons (Fsp3) is 0.562. The Labute approximate surface area is 220 Å². The summed E-state index contributed by atoms with van der Waals surface area (Å²) in [4.78, 5) is 4.86.